The van der Waals surface area contributed by atoms with Crippen molar-refractivity contribution in [2.45, 2.75) is 39.5 Å². The summed E-state index contributed by atoms with van der Waals surface area (Å²) in [5.41, 5.74) is 1.36. The number of unbranched alkanes of at least 4 members (excludes halogenated alkanes) is 3. The Bertz CT molecular complexity index is 854. The van der Waals surface area contributed by atoms with E-state index in [1.807, 2.05) is 43.3 Å². The monoisotopic (exact) mass is 392 g/mol. The fourth-order valence-electron chi connectivity index (χ4n) is 2.75. The number of nitrogens with zero attached hydrogens (tertiary/aromatic N) is 1. The van der Waals surface area contributed by atoms with Crippen LogP contribution in [-0.4, -0.2) is 19.1 Å². The van der Waals surface area contributed by atoms with E-state index in [1.54, 1.807) is 24.3 Å². The predicted octanol–water partition coefficient (Wildman–Crippen LogP) is 5.59. The summed E-state index contributed by atoms with van der Waals surface area (Å²) >= 11 is 0. The van der Waals surface area contributed by atoms with Gasteiger partial charge in [0.05, 0.1) is 13.2 Å². The molecule has 0 unspecified atom stereocenters. The molecule has 2 aromatic rings. The Kier molecular flexibility index (Phi) is 9.31. The number of hydrogen-bond acceptors (Lipinski definition) is 4. The van der Waals surface area contributed by atoms with E-state index < -0.39 is 5.91 Å². The standard InChI is InChI=1S/C24H28N2O3/c1-3-5-6-10-15-29-22-14-13-19(17-23(22)28-4-2)16-20(18-25)24(27)26-21-11-8-7-9-12-21/h7-9,11-14,16-17H,3-6,10,15H2,1-2H3,(H,26,27)/b20-16+. The van der Waals surface area contributed by atoms with Crippen LogP contribution in [0.25, 0.3) is 6.08 Å². The van der Waals surface area contributed by atoms with Crippen LogP contribution in [0.3, 0.4) is 0 Å². The zero-order valence-electron chi connectivity index (χ0n) is 17.1. The van der Waals surface area contributed by atoms with Crippen LogP contribution in [0.15, 0.2) is 54.1 Å². The van der Waals surface area contributed by atoms with Crippen molar-refractivity contribution in [3.8, 4) is 17.6 Å². The molecule has 2 rings (SSSR count). The second-order valence-electron chi connectivity index (χ2n) is 6.54. The molecule has 5 nitrogen and oxygen atoms in total. The lowest BCUT2D eigenvalue weighted by molar-refractivity contribution is -0.112. The summed E-state index contributed by atoms with van der Waals surface area (Å²) in [4.78, 5) is 12.4. The number of carbonyl (C=O) groups is 1. The molecule has 0 atom stereocenters. The van der Waals surface area contributed by atoms with Crippen molar-refractivity contribution in [2.24, 2.45) is 0 Å². The minimum absolute atomic E-state index is 0.0181. The number of rotatable bonds is 11. The van der Waals surface area contributed by atoms with Gasteiger partial charge in [-0.1, -0.05) is 50.5 Å². The van der Waals surface area contributed by atoms with E-state index in [0.29, 0.717) is 36.0 Å². The van der Waals surface area contributed by atoms with Gasteiger partial charge in [-0.2, -0.15) is 5.26 Å². The first-order valence-electron chi connectivity index (χ1n) is 10.1. The number of ether oxygens (including phenoxy) is 2. The molecular weight excluding hydrogens is 364 g/mol. The van der Waals surface area contributed by atoms with Gasteiger partial charge in [-0.3, -0.25) is 4.79 Å². The maximum Gasteiger partial charge on any atom is 0.266 e. The number of anilines is 1. The van der Waals surface area contributed by atoms with Crippen LogP contribution >= 0.6 is 0 Å². The van der Waals surface area contributed by atoms with Gasteiger partial charge in [0.2, 0.25) is 0 Å². The number of nitriles is 1. The molecule has 0 aliphatic carbocycles. The molecule has 0 aliphatic rings. The maximum absolute atomic E-state index is 12.4. The number of benzene rings is 2. The summed E-state index contributed by atoms with van der Waals surface area (Å²) in [6.07, 6.45) is 6.08. The Morgan fingerprint density at radius 3 is 2.52 bits per heavy atom. The van der Waals surface area contributed by atoms with E-state index in [4.69, 9.17) is 9.47 Å². The van der Waals surface area contributed by atoms with Gasteiger partial charge in [0.15, 0.2) is 11.5 Å². The van der Waals surface area contributed by atoms with E-state index in [2.05, 4.69) is 12.2 Å². The smallest absolute Gasteiger partial charge is 0.266 e. The van der Waals surface area contributed by atoms with E-state index in [1.165, 1.54) is 12.8 Å². The SMILES string of the molecule is CCCCCCOc1ccc(/C=C(\C#N)C(=O)Nc2ccccc2)cc1OCC. The highest BCUT2D eigenvalue weighted by molar-refractivity contribution is 6.09. The highest BCUT2D eigenvalue weighted by Gasteiger charge is 2.11. The molecule has 1 amide bonds. The van der Waals surface area contributed by atoms with E-state index in [0.717, 1.165) is 12.8 Å². The predicted molar refractivity (Wildman–Crippen MR) is 116 cm³/mol. The van der Waals surface area contributed by atoms with Crippen molar-refractivity contribution in [2.75, 3.05) is 18.5 Å². The van der Waals surface area contributed by atoms with Gasteiger partial charge in [-0.25, -0.2) is 0 Å². The average molecular weight is 392 g/mol. The van der Waals surface area contributed by atoms with Gasteiger partial charge in [-0.05, 0) is 49.2 Å². The van der Waals surface area contributed by atoms with Gasteiger partial charge in [-0.15, -0.1) is 0 Å². The quantitative estimate of drug-likeness (QED) is 0.307. The molecule has 2 aromatic carbocycles. The summed E-state index contributed by atoms with van der Waals surface area (Å²) in [6.45, 7) is 5.22. The van der Waals surface area contributed by atoms with Crippen LogP contribution in [0.4, 0.5) is 5.69 Å². The Morgan fingerprint density at radius 1 is 1.03 bits per heavy atom. The molecule has 0 fully saturated rings. The lowest BCUT2D eigenvalue weighted by Gasteiger charge is -2.13. The Labute approximate surface area is 173 Å². The molecule has 0 aliphatic heterocycles. The van der Waals surface area contributed by atoms with Crippen molar-refractivity contribution >= 4 is 17.7 Å². The lowest BCUT2D eigenvalue weighted by Crippen LogP contribution is -2.13. The van der Waals surface area contributed by atoms with Gasteiger partial charge in [0.25, 0.3) is 5.91 Å². The molecule has 0 spiro atoms. The first-order valence-corrected chi connectivity index (χ1v) is 10.1. The highest BCUT2D eigenvalue weighted by Crippen LogP contribution is 2.29. The molecule has 0 saturated heterocycles. The number of carbonyl (C=O) groups excluding carboxylic acids is 1. The maximum atomic E-state index is 12.4. The molecule has 152 valence electrons. The van der Waals surface area contributed by atoms with Crippen molar-refractivity contribution in [3.05, 3.63) is 59.7 Å². The number of amides is 1. The van der Waals surface area contributed by atoms with Crippen LogP contribution in [0.2, 0.25) is 0 Å². The van der Waals surface area contributed by atoms with E-state index in [9.17, 15) is 10.1 Å². The van der Waals surface area contributed by atoms with E-state index >= 15 is 0 Å². The number of hydrogen-bond donors (Lipinski definition) is 1. The summed E-state index contributed by atoms with van der Waals surface area (Å²) in [5.74, 6) is 0.832. The molecule has 0 heterocycles. The molecular formula is C24H28N2O3. The normalized spacial score (nSPS) is 10.9. The highest BCUT2D eigenvalue weighted by atomic mass is 16.5. The van der Waals surface area contributed by atoms with Crippen LogP contribution in [0.1, 0.15) is 45.1 Å². The third-order valence-electron chi connectivity index (χ3n) is 4.23. The van der Waals surface area contributed by atoms with Crippen molar-refractivity contribution in [1.82, 2.24) is 0 Å². The van der Waals surface area contributed by atoms with Crippen LogP contribution < -0.4 is 14.8 Å². The van der Waals surface area contributed by atoms with Crippen molar-refractivity contribution in [1.29, 1.82) is 5.26 Å². The van der Waals surface area contributed by atoms with Gasteiger partial charge >= 0.3 is 0 Å². The topological polar surface area (TPSA) is 71.3 Å². The Hall–Kier alpha value is -3.26. The fraction of sp³-hybridized carbons (Fsp3) is 0.333. The molecule has 0 radical (unpaired) electrons. The zero-order valence-corrected chi connectivity index (χ0v) is 17.1. The molecule has 1 N–H and O–H groups in total. The Morgan fingerprint density at radius 2 is 1.83 bits per heavy atom. The van der Waals surface area contributed by atoms with Crippen LogP contribution in [0, 0.1) is 11.3 Å². The molecule has 0 aromatic heterocycles. The second-order valence-corrected chi connectivity index (χ2v) is 6.54. The van der Waals surface area contributed by atoms with E-state index in [-0.39, 0.29) is 5.57 Å². The summed E-state index contributed by atoms with van der Waals surface area (Å²) in [5, 5.41) is 12.1. The zero-order chi connectivity index (χ0) is 20.9. The minimum atomic E-state index is -0.451. The third-order valence-corrected chi connectivity index (χ3v) is 4.23. The molecule has 0 saturated carbocycles. The first kappa shape index (κ1) is 22.0. The largest absolute Gasteiger partial charge is 0.490 e. The summed E-state index contributed by atoms with van der Waals surface area (Å²) < 4.78 is 11.5. The van der Waals surface area contributed by atoms with Crippen LogP contribution in [0.5, 0.6) is 11.5 Å². The second kappa shape index (κ2) is 12.2. The van der Waals surface area contributed by atoms with Crippen molar-refractivity contribution < 1.29 is 14.3 Å². The Balaban J connectivity index is 2.11. The first-order chi connectivity index (χ1) is 14.2. The fourth-order valence-corrected chi connectivity index (χ4v) is 2.75. The van der Waals surface area contributed by atoms with Gasteiger partial charge in [0, 0.05) is 5.69 Å². The van der Waals surface area contributed by atoms with Gasteiger partial charge in [0.1, 0.15) is 11.6 Å². The summed E-state index contributed by atoms with van der Waals surface area (Å²) in [6, 6.07) is 16.4. The molecule has 29 heavy (non-hydrogen) atoms. The molecule has 5 heteroatoms. The van der Waals surface area contributed by atoms with Gasteiger partial charge < -0.3 is 14.8 Å². The minimum Gasteiger partial charge on any atom is -0.490 e. The van der Waals surface area contributed by atoms with Crippen LogP contribution in [-0.2, 0) is 4.79 Å². The third kappa shape index (κ3) is 7.34. The van der Waals surface area contributed by atoms with Crippen molar-refractivity contribution in [3.63, 3.8) is 0 Å². The number of nitrogens with one attached hydrogen (secondary N) is 1. The average Bonchev–Trinajstić information content (AvgIpc) is 2.74. The number of para-hydroxylation sites is 1. The lowest BCUT2D eigenvalue weighted by atomic mass is 10.1. The summed E-state index contributed by atoms with van der Waals surface area (Å²) in [7, 11) is 0. The molecule has 0 bridgehead atoms.